The quantitative estimate of drug-likeness (QED) is 0.143. The van der Waals surface area contributed by atoms with E-state index in [-0.39, 0.29) is 0 Å². The van der Waals surface area contributed by atoms with Gasteiger partial charge < -0.3 is 0 Å². The van der Waals surface area contributed by atoms with E-state index in [1.165, 1.54) is 0 Å². The molecule has 0 aliphatic rings. The zero-order valence-corrected chi connectivity index (χ0v) is 39.8. The predicted octanol–water partition coefficient (Wildman–Crippen LogP) is 15.9. The number of rotatable bonds is 9. The van der Waals surface area contributed by atoms with Crippen LogP contribution in [0.25, 0.3) is 134 Å². The maximum Gasteiger partial charge on any atom is 0.238 e. The topological polar surface area (TPSA) is 87.2 Å². The Kier molecular flexibility index (Phi) is 10.3. The molecule has 0 aliphatic heterocycles. The third-order valence-electron chi connectivity index (χ3n) is 13.9. The fourth-order valence-electron chi connectivity index (χ4n) is 10.6. The van der Waals surface area contributed by atoms with Crippen LogP contribution < -0.4 is 0 Å². The highest BCUT2D eigenvalue weighted by Gasteiger charge is 2.26. The smallest absolute Gasteiger partial charge is 0.238 e. The number of hydrogen-bond acceptors (Lipinski definition) is 6. The summed E-state index contributed by atoms with van der Waals surface area (Å²) >= 11 is 0. The fraction of sp³-hybridized carbons (Fsp3) is 0. The molecule has 0 atom stereocenters. The second kappa shape index (κ2) is 17.9. The Balaban J connectivity index is 1.09. The van der Waals surface area contributed by atoms with Gasteiger partial charge in [0, 0.05) is 54.9 Å². The van der Waals surface area contributed by atoms with Gasteiger partial charge in [-0.15, -0.1) is 0 Å². The third-order valence-corrected chi connectivity index (χ3v) is 13.9. The third kappa shape index (κ3) is 7.23. The van der Waals surface area contributed by atoms with Crippen LogP contribution in [0.4, 0.5) is 0 Å². The van der Waals surface area contributed by atoms with Gasteiger partial charge in [-0.3, -0.25) is 9.13 Å². The summed E-state index contributed by atoms with van der Waals surface area (Å²) in [6.45, 7) is 0. The van der Waals surface area contributed by atoms with Gasteiger partial charge in [0.05, 0.1) is 22.1 Å². The van der Waals surface area contributed by atoms with Crippen molar-refractivity contribution in [2.45, 2.75) is 0 Å². The van der Waals surface area contributed by atoms with Gasteiger partial charge >= 0.3 is 0 Å². The van der Waals surface area contributed by atoms with E-state index in [0.29, 0.717) is 35.2 Å². The van der Waals surface area contributed by atoms with Gasteiger partial charge in [-0.25, -0.2) is 9.97 Å². The van der Waals surface area contributed by atoms with E-state index in [4.69, 9.17) is 29.9 Å². The number of nitrogens with zero attached hydrogens (tertiary/aromatic N) is 8. The van der Waals surface area contributed by atoms with Crippen molar-refractivity contribution < 1.29 is 0 Å². The van der Waals surface area contributed by atoms with Crippen LogP contribution in [0.2, 0.25) is 0 Å². The van der Waals surface area contributed by atoms with Crippen LogP contribution in [-0.2, 0) is 0 Å². The maximum atomic E-state index is 5.35. The minimum atomic E-state index is 0.527. The molecule has 0 unspecified atom stereocenters. The predicted molar refractivity (Wildman–Crippen MR) is 300 cm³/mol. The molecule has 0 bridgehead atoms. The van der Waals surface area contributed by atoms with E-state index in [1.54, 1.807) is 0 Å². The molecular weight excluding hydrogens is 905 g/mol. The van der Waals surface area contributed by atoms with Crippen LogP contribution in [0.3, 0.4) is 0 Å². The molecule has 14 rings (SSSR count). The average molecular weight is 947 g/mol. The van der Waals surface area contributed by atoms with Crippen LogP contribution in [0.1, 0.15) is 0 Å². The van der Waals surface area contributed by atoms with Crippen molar-refractivity contribution in [1.82, 2.24) is 39.0 Å². The summed E-state index contributed by atoms with van der Waals surface area (Å²) in [7, 11) is 0. The Labute approximate surface area is 426 Å². The molecule has 0 saturated carbocycles. The SMILES string of the molecule is c1ccc(-c2nc(-c3ccccc3)nc(-n3c4cccc(-c5cccc6c5c5cccc(-c7ccccc7)c5n6-c5nc(-c6ccccc6)nc(-c6ccccc6)n5)c4c4cccc(-c5ccccc5)c43)n2)cc1. The molecule has 0 N–H and O–H groups in total. The first-order valence-electron chi connectivity index (χ1n) is 24.7. The Bertz CT molecular complexity index is 3990. The number of hydrogen-bond donors (Lipinski definition) is 0. The summed E-state index contributed by atoms with van der Waals surface area (Å²) in [5.74, 6) is 3.42. The summed E-state index contributed by atoms with van der Waals surface area (Å²) < 4.78 is 4.49. The van der Waals surface area contributed by atoms with E-state index >= 15 is 0 Å². The highest BCUT2D eigenvalue weighted by Crippen LogP contribution is 2.47. The van der Waals surface area contributed by atoms with Crippen LogP contribution >= 0.6 is 0 Å². The molecule has 74 heavy (non-hydrogen) atoms. The van der Waals surface area contributed by atoms with E-state index in [1.807, 2.05) is 72.8 Å². The van der Waals surface area contributed by atoms with Crippen molar-refractivity contribution in [3.05, 3.63) is 255 Å². The first-order chi connectivity index (χ1) is 36.7. The molecule has 346 valence electrons. The van der Waals surface area contributed by atoms with Crippen molar-refractivity contribution in [2.24, 2.45) is 0 Å². The Hall–Kier alpha value is -10.2. The molecule has 0 fully saturated rings. The lowest BCUT2D eigenvalue weighted by Gasteiger charge is -2.13. The fourth-order valence-corrected chi connectivity index (χ4v) is 10.6. The molecule has 4 aromatic heterocycles. The number of aromatic nitrogens is 8. The first kappa shape index (κ1) is 42.7. The summed E-state index contributed by atoms with van der Waals surface area (Å²) in [4.78, 5) is 31.6. The normalized spacial score (nSPS) is 11.5. The zero-order valence-electron chi connectivity index (χ0n) is 39.8. The maximum absolute atomic E-state index is 5.35. The summed E-state index contributed by atoms with van der Waals surface area (Å²) in [5, 5.41) is 4.30. The second-order valence-electron chi connectivity index (χ2n) is 18.2. The monoisotopic (exact) mass is 946 g/mol. The van der Waals surface area contributed by atoms with Crippen molar-refractivity contribution in [3.8, 4) is 90.8 Å². The number of para-hydroxylation sites is 2. The molecule has 0 spiro atoms. The van der Waals surface area contributed by atoms with Crippen molar-refractivity contribution in [2.75, 3.05) is 0 Å². The standard InChI is InChI=1S/C66H42N8/c1-7-23-43(24-8-1)49-35-19-39-53-57-51(37-21-41-55(57)73(59(49)53)65-69-61(45-27-11-3-12-28-45)67-62(70-65)46-29-13-4-14-30-46)52-38-22-42-56-58(52)54-40-20-36-50(44-25-9-2-10-26-44)60(54)74(56)66-71-63(47-31-15-5-16-32-47)68-64(72-66)48-33-17-6-18-34-48/h1-42H. The van der Waals surface area contributed by atoms with Crippen LogP contribution in [0, 0.1) is 0 Å². The van der Waals surface area contributed by atoms with Gasteiger partial charge in [-0.05, 0) is 34.4 Å². The van der Waals surface area contributed by atoms with E-state index in [2.05, 4.69) is 191 Å². The highest BCUT2D eigenvalue weighted by molar-refractivity contribution is 6.24. The second-order valence-corrected chi connectivity index (χ2v) is 18.2. The van der Waals surface area contributed by atoms with Gasteiger partial charge in [0.15, 0.2) is 23.3 Å². The number of benzene rings is 10. The van der Waals surface area contributed by atoms with Crippen molar-refractivity contribution in [3.63, 3.8) is 0 Å². The minimum absolute atomic E-state index is 0.527. The molecule has 0 radical (unpaired) electrons. The lowest BCUT2D eigenvalue weighted by molar-refractivity contribution is 0.953. The minimum Gasteiger partial charge on any atom is -0.277 e. The van der Waals surface area contributed by atoms with Gasteiger partial charge in [0.25, 0.3) is 0 Å². The average Bonchev–Trinajstić information content (AvgIpc) is 4.02. The van der Waals surface area contributed by atoms with E-state index in [0.717, 1.165) is 99.2 Å². The molecule has 0 saturated heterocycles. The van der Waals surface area contributed by atoms with E-state index < -0.39 is 0 Å². The molecular formula is C66H42N8. The highest BCUT2D eigenvalue weighted by atomic mass is 15.2. The molecule has 14 aromatic rings. The van der Waals surface area contributed by atoms with Gasteiger partial charge in [0.1, 0.15) is 0 Å². The van der Waals surface area contributed by atoms with Gasteiger partial charge in [0.2, 0.25) is 11.9 Å². The molecule has 8 heteroatoms. The zero-order chi connectivity index (χ0) is 49.0. The Morgan fingerprint density at radius 2 is 0.486 bits per heavy atom. The summed E-state index contributed by atoms with van der Waals surface area (Å²) in [6.07, 6.45) is 0. The lowest BCUT2D eigenvalue weighted by atomic mass is 9.94. The molecule has 0 amide bonds. The summed E-state index contributed by atoms with van der Waals surface area (Å²) in [5.41, 5.74) is 14.0. The molecule has 4 heterocycles. The van der Waals surface area contributed by atoms with Gasteiger partial charge in [-0.1, -0.05) is 243 Å². The first-order valence-corrected chi connectivity index (χ1v) is 24.7. The molecule has 0 aliphatic carbocycles. The van der Waals surface area contributed by atoms with Crippen molar-refractivity contribution >= 4 is 43.6 Å². The molecule has 10 aromatic carbocycles. The van der Waals surface area contributed by atoms with Crippen LogP contribution in [0.15, 0.2) is 255 Å². The van der Waals surface area contributed by atoms with Crippen molar-refractivity contribution in [1.29, 1.82) is 0 Å². The Morgan fingerprint density at radius 1 is 0.216 bits per heavy atom. The number of fused-ring (bicyclic) bond motifs is 6. The van der Waals surface area contributed by atoms with Crippen LogP contribution in [-0.4, -0.2) is 39.0 Å². The lowest BCUT2D eigenvalue weighted by Crippen LogP contribution is -2.07. The van der Waals surface area contributed by atoms with E-state index in [9.17, 15) is 0 Å². The summed E-state index contributed by atoms with van der Waals surface area (Å²) in [6, 6.07) is 88.2. The van der Waals surface area contributed by atoms with Gasteiger partial charge in [-0.2, -0.15) is 19.9 Å². The largest absolute Gasteiger partial charge is 0.277 e. The van der Waals surface area contributed by atoms with Crippen LogP contribution in [0.5, 0.6) is 0 Å². The Morgan fingerprint density at radius 3 is 0.797 bits per heavy atom. The molecule has 8 nitrogen and oxygen atoms in total.